The first kappa shape index (κ1) is 15.6. The van der Waals surface area contributed by atoms with E-state index in [0.29, 0.717) is 0 Å². The van der Waals surface area contributed by atoms with Gasteiger partial charge in [-0.1, -0.05) is 18.2 Å². The lowest BCUT2D eigenvalue weighted by Crippen LogP contribution is -2.59. The molecule has 0 spiro atoms. The molecule has 0 atom stereocenters. The van der Waals surface area contributed by atoms with Gasteiger partial charge in [-0.25, -0.2) is 0 Å². The van der Waals surface area contributed by atoms with Crippen molar-refractivity contribution in [2.75, 3.05) is 5.32 Å². The molecular formula is C11H10F7N. The molecule has 0 unspecified atom stereocenters. The average Bonchev–Trinajstić information content (AvgIpc) is 2.20. The van der Waals surface area contributed by atoms with Gasteiger partial charge in [-0.3, -0.25) is 0 Å². The van der Waals surface area contributed by atoms with Crippen LogP contribution in [-0.2, 0) is 0 Å². The van der Waals surface area contributed by atoms with E-state index in [1.54, 1.807) is 0 Å². The molecule has 1 rings (SSSR count). The van der Waals surface area contributed by atoms with Gasteiger partial charge in [-0.15, -0.1) is 0 Å². The lowest BCUT2D eigenvalue weighted by atomic mass is 10.1. The van der Waals surface area contributed by atoms with Gasteiger partial charge in [0.15, 0.2) is 0 Å². The third kappa shape index (κ3) is 2.76. The third-order valence-corrected chi connectivity index (χ3v) is 2.56. The third-order valence-electron chi connectivity index (χ3n) is 2.56. The second kappa shape index (κ2) is 4.57. The van der Waals surface area contributed by atoms with E-state index >= 15 is 0 Å². The quantitative estimate of drug-likeness (QED) is 0.624. The molecule has 0 amide bonds. The van der Waals surface area contributed by atoms with Crippen molar-refractivity contribution in [1.82, 2.24) is 0 Å². The van der Waals surface area contributed by atoms with E-state index in [1.807, 2.05) is 0 Å². The molecule has 0 fully saturated rings. The summed E-state index contributed by atoms with van der Waals surface area (Å²) in [7, 11) is 0. The zero-order valence-corrected chi connectivity index (χ0v) is 9.88. The molecule has 1 aromatic rings. The van der Waals surface area contributed by atoms with Gasteiger partial charge in [-0.05, 0) is 25.0 Å². The molecular weight excluding hydrogens is 279 g/mol. The topological polar surface area (TPSA) is 12.0 Å². The fourth-order valence-corrected chi connectivity index (χ4v) is 1.49. The highest BCUT2D eigenvalue weighted by atomic mass is 19.4. The van der Waals surface area contributed by atoms with Gasteiger partial charge in [0.2, 0.25) is 0 Å². The van der Waals surface area contributed by atoms with E-state index in [4.69, 9.17) is 0 Å². The van der Waals surface area contributed by atoms with Gasteiger partial charge in [-0.2, -0.15) is 30.7 Å². The summed E-state index contributed by atoms with van der Waals surface area (Å²) in [4.78, 5) is 0. The van der Waals surface area contributed by atoms with E-state index < -0.39 is 23.8 Å². The normalized spacial score (nSPS) is 13.5. The summed E-state index contributed by atoms with van der Waals surface area (Å²) in [6.45, 7) is 2.56. The van der Waals surface area contributed by atoms with Gasteiger partial charge in [0.25, 0.3) is 0 Å². The predicted molar refractivity (Wildman–Crippen MR) is 55.5 cm³/mol. The zero-order valence-electron chi connectivity index (χ0n) is 9.88. The summed E-state index contributed by atoms with van der Waals surface area (Å²) < 4.78 is 87.8. The lowest BCUT2D eigenvalue weighted by Gasteiger charge is -2.32. The highest BCUT2D eigenvalue weighted by molar-refractivity contribution is 5.58. The van der Waals surface area contributed by atoms with Gasteiger partial charge < -0.3 is 5.32 Å². The van der Waals surface area contributed by atoms with Crippen molar-refractivity contribution < 1.29 is 30.7 Å². The van der Waals surface area contributed by atoms with E-state index in [1.165, 1.54) is 32.0 Å². The number of nitrogens with one attached hydrogen (secondary N) is 1. The zero-order chi connectivity index (χ0) is 15.1. The maximum Gasteiger partial charge on any atom is 0.451 e. The Hall–Kier alpha value is -1.47. The van der Waals surface area contributed by atoms with Crippen molar-refractivity contribution in [3.05, 3.63) is 29.3 Å². The molecule has 0 aliphatic carbocycles. The van der Waals surface area contributed by atoms with E-state index in [0.717, 1.165) is 5.32 Å². The molecule has 8 heteroatoms. The number of benzene rings is 1. The molecule has 108 valence electrons. The van der Waals surface area contributed by atoms with Gasteiger partial charge in [0.05, 0.1) is 0 Å². The molecule has 0 bridgehead atoms. The van der Waals surface area contributed by atoms with Crippen LogP contribution in [0.25, 0.3) is 0 Å². The second-order valence-corrected chi connectivity index (χ2v) is 4.05. The minimum atomic E-state index is -6.13. The molecule has 1 aromatic carbocycles. The molecule has 0 radical (unpaired) electrons. The van der Waals surface area contributed by atoms with Gasteiger partial charge in [0, 0.05) is 5.69 Å². The van der Waals surface area contributed by atoms with Crippen molar-refractivity contribution in [3.8, 4) is 0 Å². The Morgan fingerprint density at radius 1 is 0.789 bits per heavy atom. The molecule has 0 aliphatic heterocycles. The van der Waals surface area contributed by atoms with Crippen LogP contribution in [0.4, 0.5) is 36.4 Å². The van der Waals surface area contributed by atoms with Crippen molar-refractivity contribution in [1.29, 1.82) is 0 Å². The largest absolute Gasteiger partial charge is 0.451 e. The number of para-hydroxylation sites is 1. The molecule has 0 saturated carbocycles. The summed E-state index contributed by atoms with van der Waals surface area (Å²) in [6, 6.07) is 4.00. The number of hydrogen-bond donors (Lipinski definition) is 1. The van der Waals surface area contributed by atoms with Crippen LogP contribution in [0.5, 0.6) is 0 Å². The lowest BCUT2D eigenvalue weighted by molar-refractivity contribution is -0.330. The summed E-state index contributed by atoms with van der Waals surface area (Å²) in [5.41, 5.74) is -0.370. The number of halogens is 7. The first-order chi connectivity index (χ1) is 8.40. The molecule has 0 aromatic heterocycles. The minimum Gasteiger partial charge on any atom is -0.338 e. The van der Waals surface area contributed by atoms with Crippen molar-refractivity contribution in [2.45, 2.75) is 32.0 Å². The number of alkyl halides is 7. The summed E-state index contributed by atoms with van der Waals surface area (Å²) in [5.74, 6) is -5.49. The smallest absolute Gasteiger partial charge is 0.338 e. The predicted octanol–water partition coefficient (Wildman–Crippen LogP) is 4.51. The second-order valence-electron chi connectivity index (χ2n) is 4.05. The fourth-order valence-electron chi connectivity index (χ4n) is 1.49. The number of anilines is 1. The Morgan fingerprint density at radius 2 is 1.16 bits per heavy atom. The van der Waals surface area contributed by atoms with Crippen LogP contribution in [0, 0.1) is 13.8 Å². The van der Waals surface area contributed by atoms with E-state index in [2.05, 4.69) is 0 Å². The molecule has 19 heavy (non-hydrogen) atoms. The standard InChI is InChI=1S/C11H10F7N/c1-6-4-3-5-7(2)8(6)19-9(12,10(13,14)15)11(16,17)18/h3-5,19H,1-2H3. The molecule has 0 heterocycles. The monoisotopic (exact) mass is 289 g/mol. The Bertz CT molecular complexity index is 427. The highest BCUT2D eigenvalue weighted by Crippen LogP contribution is 2.47. The maximum atomic E-state index is 13.5. The summed E-state index contributed by atoms with van der Waals surface area (Å²) >= 11 is 0. The fraction of sp³-hybridized carbons (Fsp3) is 0.455. The van der Waals surface area contributed by atoms with E-state index in [-0.39, 0.29) is 11.1 Å². The van der Waals surface area contributed by atoms with Crippen molar-refractivity contribution >= 4 is 5.69 Å². The molecule has 0 saturated heterocycles. The van der Waals surface area contributed by atoms with Crippen LogP contribution in [0.15, 0.2) is 18.2 Å². The Balaban J connectivity index is 3.32. The van der Waals surface area contributed by atoms with Gasteiger partial charge >= 0.3 is 18.1 Å². The molecule has 1 N–H and O–H groups in total. The van der Waals surface area contributed by atoms with Gasteiger partial charge in [0.1, 0.15) is 0 Å². The van der Waals surface area contributed by atoms with Crippen LogP contribution in [0.3, 0.4) is 0 Å². The van der Waals surface area contributed by atoms with Crippen LogP contribution in [-0.4, -0.2) is 18.1 Å². The molecule has 0 aliphatic rings. The Labute approximate surface area is 104 Å². The average molecular weight is 289 g/mol. The van der Waals surface area contributed by atoms with Crippen LogP contribution >= 0.6 is 0 Å². The van der Waals surface area contributed by atoms with Crippen molar-refractivity contribution in [2.24, 2.45) is 0 Å². The number of rotatable bonds is 2. The minimum absolute atomic E-state index is 0.0792. The Kier molecular flexibility index (Phi) is 3.75. The van der Waals surface area contributed by atoms with Crippen LogP contribution < -0.4 is 5.32 Å². The highest BCUT2D eigenvalue weighted by Gasteiger charge is 2.73. The first-order valence-corrected chi connectivity index (χ1v) is 5.07. The van der Waals surface area contributed by atoms with Crippen LogP contribution in [0.1, 0.15) is 11.1 Å². The number of aryl methyl sites for hydroxylation is 2. The number of hydrogen-bond acceptors (Lipinski definition) is 1. The molecule has 1 nitrogen and oxygen atoms in total. The first-order valence-electron chi connectivity index (χ1n) is 5.07. The van der Waals surface area contributed by atoms with E-state index in [9.17, 15) is 30.7 Å². The summed E-state index contributed by atoms with van der Waals surface area (Å²) in [6.07, 6.45) is -12.3. The summed E-state index contributed by atoms with van der Waals surface area (Å²) in [5, 5.41) is 0.955. The SMILES string of the molecule is Cc1cccc(C)c1NC(F)(C(F)(F)F)C(F)(F)F. The maximum absolute atomic E-state index is 13.5. The van der Waals surface area contributed by atoms with Crippen LogP contribution in [0.2, 0.25) is 0 Å². The van der Waals surface area contributed by atoms with Crippen molar-refractivity contribution in [3.63, 3.8) is 0 Å². The Morgan fingerprint density at radius 3 is 1.47 bits per heavy atom.